The number of methoxy groups -OCH3 is 1. The molecule has 0 bridgehead atoms. The second-order valence-electron chi connectivity index (χ2n) is 4.50. The van der Waals surface area contributed by atoms with Crippen molar-refractivity contribution in [1.29, 1.82) is 0 Å². The van der Waals surface area contributed by atoms with Crippen LogP contribution < -0.4 is 11.1 Å². The highest BCUT2D eigenvalue weighted by molar-refractivity contribution is 9.10. The lowest BCUT2D eigenvalue weighted by Crippen LogP contribution is -2.46. The number of nitrogen functional groups attached to an aromatic ring is 1. The number of nitrogens with one attached hydrogen (secondary N) is 1. The Morgan fingerprint density at radius 1 is 1.53 bits per heavy atom. The highest BCUT2D eigenvalue weighted by Gasteiger charge is 2.22. The fourth-order valence-electron chi connectivity index (χ4n) is 1.50. The molecule has 0 radical (unpaired) electrons. The Kier molecular flexibility index (Phi) is 4.54. The monoisotopic (exact) mass is 300 g/mol. The van der Waals surface area contributed by atoms with Crippen LogP contribution in [-0.2, 0) is 4.74 Å². The zero-order valence-electron chi connectivity index (χ0n) is 10.2. The zero-order valence-corrected chi connectivity index (χ0v) is 11.8. The van der Waals surface area contributed by atoms with Crippen molar-refractivity contribution >= 4 is 27.5 Å². The molecule has 0 aliphatic rings. The number of benzene rings is 1. The normalized spacial score (nSPS) is 11.3. The van der Waals surface area contributed by atoms with Gasteiger partial charge in [0.1, 0.15) is 0 Å². The summed E-state index contributed by atoms with van der Waals surface area (Å²) in [5.41, 5.74) is 6.26. The van der Waals surface area contributed by atoms with Gasteiger partial charge in [-0.1, -0.05) is 15.9 Å². The van der Waals surface area contributed by atoms with Crippen molar-refractivity contribution in [3.8, 4) is 0 Å². The lowest BCUT2D eigenvalue weighted by Gasteiger charge is -2.25. The molecule has 0 fully saturated rings. The average molecular weight is 301 g/mol. The van der Waals surface area contributed by atoms with Gasteiger partial charge < -0.3 is 15.8 Å². The Morgan fingerprint density at radius 3 is 2.76 bits per heavy atom. The maximum atomic E-state index is 12.0. The summed E-state index contributed by atoms with van der Waals surface area (Å²) < 4.78 is 5.86. The Morgan fingerprint density at radius 2 is 2.18 bits per heavy atom. The van der Waals surface area contributed by atoms with Gasteiger partial charge in [-0.2, -0.15) is 0 Å². The Balaban J connectivity index is 2.86. The molecule has 5 heteroatoms. The van der Waals surface area contributed by atoms with Gasteiger partial charge in [-0.3, -0.25) is 4.79 Å². The van der Waals surface area contributed by atoms with Crippen molar-refractivity contribution in [3.05, 3.63) is 28.2 Å². The molecule has 4 nitrogen and oxygen atoms in total. The van der Waals surface area contributed by atoms with E-state index in [2.05, 4.69) is 21.2 Å². The lowest BCUT2D eigenvalue weighted by molar-refractivity contribution is 0.0821. The van der Waals surface area contributed by atoms with E-state index < -0.39 is 5.54 Å². The van der Waals surface area contributed by atoms with E-state index in [-0.39, 0.29) is 5.91 Å². The minimum Gasteiger partial charge on any atom is -0.398 e. The molecule has 1 aromatic carbocycles. The van der Waals surface area contributed by atoms with Crippen LogP contribution in [0.25, 0.3) is 0 Å². The van der Waals surface area contributed by atoms with E-state index in [9.17, 15) is 4.79 Å². The number of ether oxygens (including phenoxy) is 1. The number of nitrogens with two attached hydrogens (primary N) is 1. The summed E-state index contributed by atoms with van der Waals surface area (Å²) in [5.74, 6) is -0.203. The second kappa shape index (κ2) is 5.51. The van der Waals surface area contributed by atoms with Crippen LogP contribution in [-0.4, -0.2) is 25.2 Å². The molecule has 0 aromatic heterocycles. The molecule has 1 rings (SSSR count). The van der Waals surface area contributed by atoms with Gasteiger partial charge >= 0.3 is 0 Å². The van der Waals surface area contributed by atoms with E-state index in [0.717, 1.165) is 4.47 Å². The number of amides is 1. The zero-order chi connectivity index (χ0) is 13.1. The van der Waals surface area contributed by atoms with Gasteiger partial charge in [0.15, 0.2) is 0 Å². The van der Waals surface area contributed by atoms with Gasteiger partial charge in [0.2, 0.25) is 0 Å². The maximum Gasteiger partial charge on any atom is 0.253 e. The van der Waals surface area contributed by atoms with Gasteiger partial charge in [0, 0.05) is 17.3 Å². The molecule has 0 unspecified atom stereocenters. The van der Waals surface area contributed by atoms with Crippen molar-refractivity contribution in [2.45, 2.75) is 19.4 Å². The lowest BCUT2D eigenvalue weighted by atomic mass is 10.1. The van der Waals surface area contributed by atoms with Gasteiger partial charge in [-0.25, -0.2) is 0 Å². The molecular weight excluding hydrogens is 284 g/mol. The molecule has 17 heavy (non-hydrogen) atoms. The molecule has 1 aromatic rings. The molecule has 0 saturated carbocycles. The van der Waals surface area contributed by atoms with E-state index >= 15 is 0 Å². The van der Waals surface area contributed by atoms with Crippen LogP contribution in [0.15, 0.2) is 22.7 Å². The SMILES string of the molecule is COCC(C)(C)NC(=O)c1cc(Br)ccc1N. The van der Waals surface area contributed by atoms with Gasteiger partial charge in [-0.15, -0.1) is 0 Å². The molecular formula is C12H17BrN2O2. The third-order valence-electron chi connectivity index (χ3n) is 2.22. The Hall–Kier alpha value is -1.07. The number of halogens is 1. The molecule has 0 heterocycles. The first-order chi connectivity index (χ1) is 7.85. The summed E-state index contributed by atoms with van der Waals surface area (Å²) in [7, 11) is 1.60. The van der Waals surface area contributed by atoms with Crippen LogP contribution in [0.3, 0.4) is 0 Å². The largest absolute Gasteiger partial charge is 0.398 e. The van der Waals surface area contributed by atoms with Crippen molar-refractivity contribution < 1.29 is 9.53 Å². The number of hydrogen-bond donors (Lipinski definition) is 2. The average Bonchev–Trinajstić information content (AvgIpc) is 2.20. The predicted octanol–water partition coefficient (Wildman–Crippen LogP) is 2.19. The minimum atomic E-state index is -0.430. The first-order valence-corrected chi connectivity index (χ1v) is 6.01. The predicted molar refractivity (Wildman–Crippen MR) is 72.0 cm³/mol. The van der Waals surface area contributed by atoms with E-state index in [1.807, 2.05) is 13.8 Å². The molecule has 0 aliphatic heterocycles. The number of carbonyl (C=O) groups excluding carboxylic acids is 1. The van der Waals surface area contributed by atoms with Crippen LogP contribution in [0.2, 0.25) is 0 Å². The van der Waals surface area contributed by atoms with Crippen LogP contribution in [0, 0.1) is 0 Å². The van der Waals surface area contributed by atoms with Gasteiger partial charge in [0.25, 0.3) is 5.91 Å². The van der Waals surface area contributed by atoms with Gasteiger partial charge in [-0.05, 0) is 32.0 Å². The molecule has 0 spiro atoms. The summed E-state index contributed by atoms with van der Waals surface area (Å²) in [6.45, 7) is 4.22. The molecule has 94 valence electrons. The van der Waals surface area contributed by atoms with E-state index in [1.165, 1.54) is 0 Å². The third-order valence-corrected chi connectivity index (χ3v) is 2.71. The fourth-order valence-corrected chi connectivity index (χ4v) is 1.86. The molecule has 1 amide bonds. The highest BCUT2D eigenvalue weighted by atomic mass is 79.9. The number of anilines is 1. The van der Waals surface area contributed by atoms with E-state index in [4.69, 9.17) is 10.5 Å². The molecule has 0 atom stereocenters. The fraction of sp³-hybridized carbons (Fsp3) is 0.417. The summed E-state index contributed by atoms with van der Waals surface area (Å²) in [5, 5.41) is 2.88. The van der Waals surface area contributed by atoms with E-state index in [0.29, 0.717) is 17.9 Å². The smallest absolute Gasteiger partial charge is 0.253 e. The van der Waals surface area contributed by atoms with Crippen molar-refractivity contribution in [1.82, 2.24) is 5.32 Å². The van der Waals surface area contributed by atoms with Crippen LogP contribution >= 0.6 is 15.9 Å². The minimum absolute atomic E-state index is 0.203. The standard InChI is InChI=1S/C12H17BrN2O2/c1-12(2,7-17-3)15-11(16)9-6-8(13)4-5-10(9)14/h4-6H,7,14H2,1-3H3,(H,15,16). The summed E-state index contributed by atoms with van der Waals surface area (Å²) in [6, 6.07) is 5.20. The first-order valence-electron chi connectivity index (χ1n) is 5.22. The summed E-state index contributed by atoms with van der Waals surface area (Å²) in [4.78, 5) is 12.0. The molecule has 0 saturated heterocycles. The van der Waals surface area contributed by atoms with Gasteiger partial charge in [0.05, 0.1) is 17.7 Å². The van der Waals surface area contributed by atoms with E-state index in [1.54, 1.807) is 25.3 Å². The number of hydrogen-bond acceptors (Lipinski definition) is 3. The van der Waals surface area contributed by atoms with Crippen molar-refractivity contribution in [2.24, 2.45) is 0 Å². The summed E-state index contributed by atoms with van der Waals surface area (Å²) in [6.07, 6.45) is 0. The van der Waals surface area contributed by atoms with Crippen LogP contribution in [0.1, 0.15) is 24.2 Å². The Labute approximate surface area is 110 Å². The molecule has 3 N–H and O–H groups in total. The number of carbonyl (C=O) groups is 1. The first kappa shape index (κ1) is 14.0. The van der Waals surface area contributed by atoms with Crippen molar-refractivity contribution in [2.75, 3.05) is 19.5 Å². The van der Waals surface area contributed by atoms with Crippen LogP contribution in [0.4, 0.5) is 5.69 Å². The quantitative estimate of drug-likeness (QED) is 0.838. The van der Waals surface area contributed by atoms with Crippen molar-refractivity contribution in [3.63, 3.8) is 0 Å². The van der Waals surface area contributed by atoms with Crippen LogP contribution in [0.5, 0.6) is 0 Å². The Bertz CT molecular complexity index is 419. The maximum absolute atomic E-state index is 12.0. The summed E-state index contributed by atoms with van der Waals surface area (Å²) >= 11 is 3.31. The second-order valence-corrected chi connectivity index (χ2v) is 5.42. The highest BCUT2D eigenvalue weighted by Crippen LogP contribution is 2.19. The molecule has 0 aliphatic carbocycles. The number of rotatable bonds is 4. The topological polar surface area (TPSA) is 64.3 Å². The third kappa shape index (κ3) is 4.02.